The zero-order valence-electron chi connectivity index (χ0n) is 11.8. The predicted molar refractivity (Wildman–Crippen MR) is 76.5 cm³/mol. The summed E-state index contributed by atoms with van der Waals surface area (Å²) in [6.07, 6.45) is 1.82. The Morgan fingerprint density at radius 2 is 1.61 bits per heavy atom. The molecule has 0 aliphatic rings. The van der Waals surface area contributed by atoms with Crippen LogP contribution in [-0.2, 0) is 5.54 Å². The van der Waals surface area contributed by atoms with Crippen molar-refractivity contribution < 1.29 is 0 Å². The third-order valence-electron chi connectivity index (χ3n) is 3.02. The van der Waals surface area contributed by atoms with Gasteiger partial charge in [-0.3, -0.25) is 0 Å². The third-order valence-corrected chi connectivity index (χ3v) is 3.02. The van der Waals surface area contributed by atoms with Crippen molar-refractivity contribution in [2.75, 3.05) is 5.73 Å². The number of anilines is 1. The predicted octanol–water partition coefficient (Wildman–Crippen LogP) is 3.50. The van der Waals surface area contributed by atoms with Gasteiger partial charge < -0.3 is 10.3 Å². The molecule has 0 unspecified atom stereocenters. The van der Waals surface area contributed by atoms with Gasteiger partial charge in [0.05, 0.1) is 6.33 Å². The number of aryl methyl sites for hydroxylation is 2. The molecule has 18 heavy (non-hydrogen) atoms. The van der Waals surface area contributed by atoms with Crippen LogP contribution in [0.2, 0.25) is 0 Å². The molecule has 96 valence electrons. The molecule has 2 aromatic rings. The molecule has 0 saturated heterocycles. The van der Waals surface area contributed by atoms with Gasteiger partial charge in [-0.05, 0) is 46.8 Å². The number of nitrogen functional groups attached to an aromatic ring is 1. The molecule has 1 aromatic heterocycles. The quantitative estimate of drug-likeness (QED) is 0.833. The number of rotatable bonds is 1. The molecule has 3 nitrogen and oxygen atoms in total. The molecule has 0 radical (unpaired) electrons. The van der Waals surface area contributed by atoms with E-state index >= 15 is 0 Å². The van der Waals surface area contributed by atoms with Crippen molar-refractivity contribution in [1.82, 2.24) is 9.55 Å². The number of imidazole rings is 1. The second-order valence-electron chi connectivity index (χ2n) is 5.90. The van der Waals surface area contributed by atoms with Gasteiger partial charge in [0.1, 0.15) is 11.5 Å². The Bertz CT molecular complexity index is 554. The molecule has 1 aromatic carbocycles. The molecule has 2 rings (SSSR count). The molecule has 0 bridgehead atoms. The molecule has 2 N–H and O–H groups in total. The zero-order valence-corrected chi connectivity index (χ0v) is 11.8. The Labute approximate surface area is 109 Å². The van der Waals surface area contributed by atoms with Gasteiger partial charge >= 0.3 is 0 Å². The van der Waals surface area contributed by atoms with Crippen LogP contribution in [0.4, 0.5) is 5.82 Å². The van der Waals surface area contributed by atoms with E-state index in [1.807, 2.05) is 10.9 Å². The summed E-state index contributed by atoms with van der Waals surface area (Å²) in [7, 11) is 0. The molecule has 0 amide bonds. The summed E-state index contributed by atoms with van der Waals surface area (Å²) >= 11 is 0. The first-order valence-corrected chi connectivity index (χ1v) is 6.21. The number of benzene rings is 1. The molecule has 0 fully saturated rings. The molecule has 0 atom stereocenters. The smallest absolute Gasteiger partial charge is 0.132 e. The highest BCUT2D eigenvalue weighted by Gasteiger charge is 2.19. The molecule has 0 saturated carbocycles. The maximum Gasteiger partial charge on any atom is 0.132 e. The SMILES string of the molecule is Cc1cc(C)cc(-c2ncn(C(C)(C)C)c2N)c1. The molecule has 0 aliphatic carbocycles. The number of hydrogen-bond donors (Lipinski definition) is 1. The molecule has 0 spiro atoms. The minimum Gasteiger partial charge on any atom is -0.383 e. The van der Waals surface area contributed by atoms with E-state index in [1.54, 1.807) is 0 Å². The maximum atomic E-state index is 6.22. The first-order chi connectivity index (χ1) is 8.29. The Balaban J connectivity index is 2.56. The fourth-order valence-electron chi connectivity index (χ4n) is 2.23. The average molecular weight is 243 g/mol. The van der Waals surface area contributed by atoms with Gasteiger partial charge in [0.2, 0.25) is 0 Å². The zero-order chi connectivity index (χ0) is 13.5. The summed E-state index contributed by atoms with van der Waals surface area (Å²) in [5.74, 6) is 0.729. The summed E-state index contributed by atoms with van der Waals surface area (Å²) < 4.78 is 2.01. The van der Waals surface area contributed by atoms with E-state index in [4.69, 9.17) is 5.73 Å². The van der Waals surface area contributed by atoms with E-state index in [1.165, 1.54) is 11.1 Å². The molecule has 0 aliphatic heterocycles. The van der Waals surface area contributed by atoms with Crippen LogP contribution < -0.4 is 5.73 Å². The van der Waals surface area contributed by atoms with Gasteiger partial charge in [0.15, 0.2) is 0 Å². The first-order valence-electron chi connectivity index (χ1n) is 6.21. The maximum absolute atomic E-state index is 6.22. The van der Waals surface area contributed by atoms with Crippen LogP contribution in [-0.4, -0.2) is 9.55 Å². The Kier molecular flexibility index (Phi) is 2.93. The van der Waals surface area contributed by atoms with Crippen LogP contribution in [0, 0.1) is 13.8 Å². The van der Waals surface area contributed by atoms with Gasteiger partial charge in [0, 0.05) is 11.1 Å². The fourth-order valence-corrected chi connectivity index (χ4v) is 2.23. The van der Waals surface area contributed by atoms with Crippen molar-refractivity contribution in [2.24, 2.45) is 0 Å². The lowest BCUT2D eigenvalue weighted by Gasteiger charge is -2.22. The fraction of sp³-hybridized carbons (Fsp3) is 0.400. The van der Waals surface area contributed by atoms with Crippen LogP contribution in [0.3, 0.4) is 0 Å². The van der Waals surface area contributed by atoms with Crippen molar-refractivity contribution in [3.8, 4) is 11.3 Å². The Morgan fingerprint density at radius 1 is 1.06 bits per heavy atom. The minimum atomic E-state index is -0.0474. The van der Waals surface area contributed by atoms with Crippen molar-refractivity contribution in [3.05, 3.63) is 35.7 Å². The van der Waals surface area contributed by atoms with Gasteiger partial charge in [-0.25, -0.2) is 4.98 Å². The summed E-state index contributed by atoms with van der Waals surface area (Å²) in [5, 5.41) is 0. The second kappa shape index (κ2) is 4.16. The molecular weight excluding hydrogens is 222 g/mol. The van der Waals surface area contributed by atoms with Crippen LogP contribution >= 0.6 is 0 Å². The highest BCUT2D eigenvalue weighted by atomic mass is 15.2. The van der Waals surface area contributed by atoms with Crippen molar-refractivity contribution in [3.63, 3.8) is 0 Å². The third kappa shape index (κ3) is 2.26. The van der Waals surface area contributed by atoms with Crippen LogP contribution in [0.25, 0.3) is 11.3 Å². The van der Waals surface area contributed by atoms with Gasteiger partial charge in [-0.2, -0.15) is 0 Å². The summed E-state index contributed by atoms with van der Waals surface area (Å²) in [6.45, 7) is 10.5. The van der Waals surface area contributed by atoms with Crippen molar-refractivity contribution >= 4 is 5.82 Å². The standard InChI is InChI=1S/C15H21N3/c1-10-6-11(2)8-12(7-10)13-14(16)18(9-17-13)15(3,4)5/h6-9H,16H2,1-5H3. The van der Waals surface area contributed by atoms with Crippen LogP contribution in [0.5, 0.6) is 0 Å². The van der Waals surface area contributed by atoms with E-state index in [2.05, 4.69) is 57.8 Å². The number of nitrogens with zero attached hydrogens (tertiary/aromatic N) is 2. The summed E-state index contributed by atoms with van der Waals surface area (Å²) in [6, 6.07) is 6.40. The molecule has 3 heteroatoms. The number of aromatic nitrogens is 2. The van der Waals surface area contributed by atoms with Crippen LogP contribution in [0.15, 0.2) is 24.5 Å². The lowest BCUT2D eigenvalue weighted by Crippen LogP contribution is -2.22. The average Bonchev–Trinajstić information content (AvgIpc) is 2.57. The van der Waals surface area contributed by atoms with E-state index in [-0.39, 0.29) is 5.54 Å². The van der Waals surface area contributed by atoms with E-state index < -0.39 is 0 Å². The highest BCUT2D eigenvalue weighted by molar-refractivity contribution is 5.71. The van der Waals surface area contributed by atoms with E-state index in [0.29, 0.717) is 0 Å². The van der Waals surface area contributed by atoms with Gasteiger partial charge in [-0.1, -0.05) is 17.2 Å². The van der Waals surface area contributed by atoms with Crippen molar-refractivity contribution in [2.45, 2.75) is 40.2 Å². The lowest BCUT2D eigenvalue weighted by atomic mass is 10.0. The van der Waals surface area contributed by atoms with Crippen LogP contribution in [0.1, 0.15) is 31.9 Å². The summed E-state index contributed by atoms with van der Waals surface area (Å²) in [4.78, 5) is 4.47. The first kappa shape index (κ1) is 12.7. The normalized spacial score (nSPS) is 11.8. The Morgan fingerprint density at radius 3 is 2.06 bits per heavy atom. The number of hydrogen-bond acceptors (Lipinski definition) is 2. The molecular formula is C15H21N3. The van der Waals surface area contributed by atoms with E-state index in [0.717, 1.165) is 17.1 Å². The topological polar surface area (TPSA) is 43.8 Å². The lowest BCUT2D eigenvalue weighted by molar-refractivity contribution is 0.402. The van der Waals surface area contributed by atoms with E-state index in [9.17, 15) is 0 Å². The largest absolute Gasteiger partial charge is 0.383 e. The summed E-state index contributed by atoms with van der Waals surface area (Å²) in [5.41, 5.74) is 10.6. The van der Waals surface area contributed by atoms with Crippen molar-refractivity contribution in [1.29, 1.82) is 0 Å². The highest BCUT2D eigenvalue weighted by Crippen LogP contribution is 2.29. The molecule has 1 heterocycles. The minimum absolute atomic E-state index is 0.0474. The monoisotopic (exact) mass is 243 g/mol. The number of nitrogens with two attached hydrogens (primary N) is 1. The second-order valence-corrected chi connectivity index (χ2v) is 5.90. The van der Waals surface area contributed by atoms with Gasteiger partial charge in [-0.15, -0.1) is 0 Å². The Hall–Kier alpha value is -1.77. The van der Waals surface area contributed by atoms with Gasteiger partial charge in [0.25, 0.3) is 0 Å².